The largest absolute Gasteiger partial charge is 0 e. The van der Waals surface area contributed by atoms with Gasteiger partial charge < -0.3 is 0 Å². The fourth-order valence-corrected chi connectivity index (χ4v) is 0. The topological polar surface area (TPSA) is 0 Å². The third kappa shape index (κ3) is 19.0. The maximum Gasteiger partial charge on any atom is 0 e. The van der Waals surface area contributed by atoms with Crippen LogP contribution in [0.3, 0.4) is 0 Å². The molecule has 4 radical (unpaired) electrons. The molecule has 0 N–H and O–H groups in total. The van der Waals surface area contributed by atoms with Gasteiger partial charge in [-0.15, -0.1) is 0 Å². The van der Waals surface area contributed by atoms with Crippen LogP contribution in [0.2, 0.25) is 0 Å². The Hall–Kier alpha value is 3.19. The summed E-state index contributed by atoms with van der Waals surface area (Å²) in [4.78, 5) is 0. The molecule has 0 aliphatic rings. The van der Waals surface area contributed by atoms with E-state index in [1.54, 1.807) is 0 Å². The van der Waals surface area contributed by atoms with Crippen molar-refractivity contribution in [2.45, 2.75) is 0 Å². The van der Waals surface area contributed by atoms with Gasteiger partial charge in [0, 0.05) is 99.5 Å². The second kappa shape index (κ2) is 27.1. The van der Waals surface area contributed by atoms with Gasteiger partial charge in [0.2, 0.25) is 0 Å². The van der Waals surface area contributed by atoms with Crippen LogP contribution in [0.5, 0.6) is 0 Å². The molecule has 0 aromatic rings. The van der Waals surface area contributed by atoms with E-state index in [-0.39, 0.29) is 99.5 Å². The van der Waals surface area contributed by atoms with Gasteiger partial charge in [-0.3, -0.25) is 0 Å². The molecule has 0 aliphatic carbocycles. The Bertz CT molecular complexity index is 11.6. The van der Waals surface area contributed by atoms with E-state index in [1.165, 1.54) is 0 Å². The third-order valence-corrected chi connectivity index (χ3v) is 0. The zero-order chi connectivity index (χ0) is 0. The molecule has 0 fully saturated rings. The third-order valence-electron chi connectivity index (χ3n) is 0. The Morgan fingerprint density at radius 2 is 1.00 bits per heavy atom. The zero-order valence-corrected chi connectivity index (χ0v) is 12.2. The molecule has 0 spiro atoms. The zero-order valence-electron chi connectivity index (χ0n) is 1.98. The molecule has 5 heavy (non-hydrogen) atoms. The smallest absolute Gasteiger partial charge is 0 e. The van der Waals surface area contributed by atoms with Gasteiger partial charge in [0.05, 0.1) is 0 Å². The predicted molar refractivity (Wildman–Crippen MR) is 0 cm³/mol. The maximum absolute atomic E-state index is 0. The minimum absolute atomic E-state index is 0. The molecule has 0 bridgehead atoms. The van der Waals surface area contributed by atoms with Crippen molar-refractivity contribution in [1.82, 2.24) is 0 Å². The van der Waals surface area contributed by atoms with Gasteiger partial charge >= 0.3 is 0 Å². The average Bonchev–Trinajstić information content (AvgIpc) is 0. The number of rotatable bonds is 0. The van der Waals surface area contributed by atoms with Crippen molar-refractivity contribution in [2.75, 3.05) is 0 Å². The van der Waals surface area contributed by atoms with Crippen molar-refractivity contribution in [3.63, 3.8) is 0 Å². The number of hydrogen-bond donors (Lipinski definition) is 0. The van der Waals surface area contributed by atoms with E-state index in [9.17, 15) is 0 Å². The Balaban J connectivity index is 0. The normalized spacial score (nSPS) is 0. The molecule has 0 saturated heterocycles. The van der Waals surface area contributed by atoms with E-state index < -0.39 is 0 Å². The first-order valence-corrected chi connectivity index (χ1v) is 0. The second-order valence-electron chi connectivity index (χ2n) is 0. The Morgan fingerprint density at radius 1 is 1.00 bits per heavy atom. The SMILES string of the molecule is [Cu].[Nb].[Re].[V].[W]. The van der Waals surface area contributed by atoms with Crippen LogP contribution in [0.25, 0.3) is 0 Å². The van der Waals surface area contributed by atoms with Crippen LogP contribution in [-0.2, 0) is 99.5 Å². The van der Waals surface area contributed by atoms with Gasteiger partial charge in [-0.1, -0.05) is 0 Å². The van der Waals surface area contributed by atoms with Crippen molar-refractivity contribution >= 4 is 0 Å². The second-order valence-corrected chi connectivity index (χ2v) is 0. The molecule has 34 valence electrons. The fourth-order valence-electron chi connectivity index (χ4n) is 0. The van der Waals surface area contributed by atoms with Gasteiger partial charge in [0.25, 0.3) is 0 Å². The first-order valence-electron chi connectivity index (χ1n) is 0. The van der Waals surface area contributed by atoms with Crippen LogP contribution >= 0.6 is 0 Å². The van der Waals surface area contributed by atoms with Crippen LogP contribution in [0.15, 0.2) is 0 Å². The molecule has 0 aliphatic heterocycles. The molecule has 0 aromatic heterocycles. The summed E-state index contributed by atoms with van der Waals surface area (Å²) >= 11 is 0. The molecule has 0 heterocycles. The minimum atomic E-state index is 0. The van der Waals surface area contributed by atoms with E-state index in [0.717, 1.165) is 0 Å². The quantitative estimate of drug-likeness (QED) is 0.356. The maximum atomic E-state index is 0. The van der Waals surface area contributed by atoms with Crippen LogP contribution in [0.4, 0.5) is 0 Å². The summed E-state index contributed by atoms with van der Waals surface area (Å²) < 4.78 is 0. The molecule has 0 rings (SSSR count). The molecule has 0 saturated carbocycles. The van der Waals surface area contributed by atoms with Crippen molar-refractivity contribution in [3.05, 3.63) is 0 Å². The predicted octanol–water partition coefficient (Wildman–Crippen LogP) is -0.0125. The Morgan fingerprint density at radius 3 is 1.00 bits per heavy atom. The molecular weight excluding hydrogens is 577 g/mol. The van der Waals surface area contributed by atoms with Crippen molar-refractivity contribution < 1.29 is 99.5 Å². The molecule has 0 nitrogen and oxygen atoms in total. The molecule has 0 atom stereocenters. The van der Waals surface area contributed by atoms with Crippen LogP contribution in [0.1, 0.15) is 0 Å². The average molecular weight is 577 g/mol. The molecule has 0 amide bonds. The van der Waals surface area contributed by atoms with Crippen LogP contribution in [-0.4, -0.2) is 0 Å². The standard InChI is InChI=1S/Cu.Nb.Re.V.W. The monoisotopic (exact) mass is 578 g/mol. The Kier molecular flexibility index (Phi) is 225. The molecule has 0 unspecified atom stereocenters. The van der Waals surface area contributed by atoms with Crippen molar-refractivity contribution in [2.24, 2.45) is 0 Å². The number of hydrogen-bond acceptors (Lipinski definition) is 0. The Labute approximate surface area is 97.8 Å². The molecular formula is CuNbReVW. The van der Waals surface area contributed by atoms with Crippen molar-refractivity contribution in [3.8, 4) is 0 Å². The summed E-state index contributed by atoms with van der Waals surface area (Å²) in [5, 5.41) is 0. The minimum Gasteiger partial charge on any atom is 0 e. The summed E-state index contributed by atoms with van der Waals surface area (Å²) in [7, 11) is 0. The van der Waals surface area contributed by atoms with Crippen LogP contribution in [0, 0.1) is 0 Å². The van der Waals surface area contributed by atoms with E-state index in [4.69, 9.17) is 0 Å². The molecule has 0 aromatic carbocycles. The summed E-state index contributed by atoms with van der Waals surface area (Å²) in [6.07, 6.45) is 0. The summed E-state index contributed by atoms with van der Waals surface area (Å²) in [6.45, 7) is 0. The van der Waals surface area contributed by atoms with Crippen molar-refractivity contribution in [1.29, 1.82) is 0 Å². The van der Waals surface area contributed by atoms with E-state index in [0.29, 0.717) is 0 Å². The first kappa shape index (κ1) is 41.6. The summed E-state index contributed by atoms with van der Waals surface area (Å²) in [5.74, 6) is 0. The van der Waals surface area contributed by atoms with Gasteiger partial charge in [-0.2, -0.15) is 0 Å². The van der Waals surface area contributed by atoms with Gasteiger partial charge in [-0.05, 0) is 0 Å². The fraction of sp³-hybridized carbons (Fsp3) is 0. The van der Waals surface area contributed by atoms with E-state index >= 15 is 0 Å². The summed E-state index contributed by atoms with van der Waals surface area (Å²) in [5.41, 5.74) is 0. The van der Waals surface area contributed by atoms with Gasteiger partial charge in [-0.25, -0.2) is 0 Å². The van der Waals surface area contributed by atoms with E-state index in [2.05, 4.69) is 0 Å². The van der Waals surface area contributed by atoms with E-state index in [1.807, 2.05) is 0 Å². The summed E-state index contributed by atoms with van der Waals surface area (Å²) in [6, 6.07) is 0. The first-order chi connectivity index (χ1) is 0. The van der Waals surface area contributed by atoms with Gasteiger partial charge in [0.1, 0.15) is 0 Å². The van der Waals surface area contributed by atoms with Gasteiger partial charge in [0.15, 0.2) is 0 Å². The molecule has 5 heteroatoms. The van der Waals surface area contributed by atoms with Crippen LogP contribution < -0.4 is 0 Å².